The Hall–Kier alpha value is 0.00948. The summed E-state index contributed by atoms with van der Waals surface area (Å²) in [4.78, 5) is 10.3. The first-order valence-corrected chi connectivity index (χ1v) is 5.41. The molecule has 0 atom stereocenters. The van der Waals surface area contributed by atoms with E-state index in [4.69, 9.17) is 0 Å². The fourth-order valence-corrected chi connectivity index (χ4v) is 2.52. The molecule has 0 saturated heterocycles. The molecule has 0 fully saturated rings. The van der Waals surface area contributed by atoms with Crippen LogP contribution in [0.1, 0.15) is 6.92 Å². The summed E-state index contributed by atoms with van der Waals surface area (Å²) in [5.74, 6) is -1.50. The molecule has 0 aliphatic rings. The van der Waals surface area contributed by atoms with Gasteiger partial charge in [0.1, 0.15) is 20.2 Å². The number of rotatable bonds is 3. The standard InChI is InChI=1S/C3H6O7S2.Cu/c1-2(4)3(11(5,6)7)12(8,9)10;/h3H,1H3,(H,5,6,7)(H,8,9,10);/q;+2/p-2. The van der Waals surface area contributed by atoms with E-state index in [0.717, 1.165) is 0 Å². The van der Waals surface area contributed by atoms with Gasteiger partial charge in [0.15, 0.2) is 10.4 Å². The van der Waals surface area contributed by atoms with Crippen molar-refractivity contribution in [2.24, 2.45) is 0 Å². The van der Waals surface area contributed by atoms with E-state index in [1.54, 1.807) is 0 Å². The van der Waals surface area contributed by atoms with Gasteiger partial charge in [0.05, 0.1) is 0 Å². The van der Waals surface area contributed by atoms with Crippen molar-refractivity contribution in [3.8, 4) is 0 Å². The third-order valence-electron chi connectivity index (χ3n) is 0.856. The second-order valence-corrected chi connectivity index (χ2v) is 5.14. The largest absolute Gasteiger partial charge is 2.00 e. The average Bonchev–Trinajstić information content (AvgIpc) is 1.49. The minimum atomic E-state index is -5.42. The van der Waals surface area contributed by atoms with Gasteiger partial charge in [-0.1, -0.05) is 0 Å². The van der Waals surface area contributed by atoms with Crippen LogP contribution in [0.25, 0.3) is 0 Å². The molecule has 1 radical (unpaired) electrons. The summed E-state index contributed by atoms with van der Waals surface area (Å²) in [5.41, 5.74) is 0. The van der Waals surface area contributed by atoms with E-state index in [1.165, 1.54) is 0 Å². The number of hydrogen-bond donors (Lipinski definition) is 0. The number of Topliss-reactive ketones (excluding diaryl/α,β-unsaturated/α-hetero) is 1. The molecule has 10 heteroatoms. The second kappa shape index (κ2) is 4.49. The summed E-state index contributed by atoms with van der Waals surface area (Å²) in [6.07, 6.45) is 0. The zero-order valence-corrected chi connectivity index (χ0v) is 8.63. The summed E-state index contributed by atoms with van der Waals surface area (Å²) in [7, 11) is -10.8. The summed E-state index contributed by atoms with van der Waals surface area (Å²) >= 11 is 0. The molecule has 0 bridgehead atoms. The fourth-order valence-electron chi connectivity index (χ4n) is 0.551. The molecule has 0 saturated carbocycles. The summed E-state index contributed by atoms with van der Waals surface area (Å²) in [6.45, 7) is 0.537. The Bertz CT molecular complexity index is 346. The Kier molecular flexibility index (Phi) is 5.34. The smallest absolute Gasteiger partial charge is 0.747 e. The van der Waals surface area contributed by atoms with Crippen LogP contribution >= 0.6 is 0 Å². The molecule has 0 aromatic rings. The van der Waals surface area contributed by atoms with Crippen LogP contribution in [0.4, 0.5) is 0 Å². The van der Waals surface area contributed by atoms with E-state index < -0.39 is 30.6 Å². The van der Waals surface area contributed by atoms with Crippen molar-refractivity contribution in [3.05, 3.63) is 0 Å². The van der Waals surface area contributed by atoms with Gasteiger partial charge in [-0.3, -0.25) is 4.79 Å². The summed E-state index contributed by atoms with van der Waals surface area (Å²) in [6, 6.07) is 0. The van der Waals surface area contributed by atoms with Crippen LogP contribution < -0.4 is 0 Å². The summed E-state index contributed by atoms with van der Waals surface area (Å²) < 4.78 is 57.4. The van der Waals surface area contributed by atoms with Gasteiger partial charge in [-0.2, -0.15) is 0 Å². The zero-order chi connectivity index (χ0) is 10.2. The van der Waals surface area contributed by atoms with Gasteiger partial charge in [0.2, 0.25) is 0 Å². The third kappa shape index (κ3) is 4.69. The van der Waals surface area contributed by atoms with Crippen molar-refractivity contribution < 1.29 is 47.8 Å². The number of ketones is 1. The van der Waals surface area contributed by atoms with Gasteiger partial charge in [-0.05, 0) is 6.92 Å². The SMILES string of the molecule is CC(=O)C(S(=O)(=O)[O-])S(=O)(=O)[O-].[Cu+2]. The van der Waals surface area contributed by atoms with Gasteiger partial charge >= 0.3 is 17.1 Å². The molecule has 0 rings (SSSR count). The number of carbonyl (C=O) groups is 1. The van der Waals surface area contributed by atoms with E-state index >= 15 is 0 Å². The molecular weight excluding hydrogens is 276 g/mol. The van der Waals surface area contributed by atoms with E-state index in [1.807, 2.05) is 0 Å². The Balaban J connectivity index is 0. The van der Waals surface area contributed by atoms with Crippen LogP contribution in [0.3, 0.4) is 0 Å². The Morgan fingerprint density at radius 1 is 1.08 bits per heavy atom. The van der Waals surface area contributed by atoms with Gasteiger partial charge < -0.3 is 9.11 Å². The van der Waals surface area contributed by atoms with E-state index in [0.29, 0.717) is 6.92 Å². The normalized spacial score (nSPS) is 12.3. The molecule has 0 amide bonds. The van der Waals surface area contributed by atoms with E-state index in [-0.39, 0.29) is 17.1 Å². The minimum absolute atomic E-state index is 0. The van der Waals surface area contributed by atoms with E-state index in [9.17, 15) is 30.7 Å². The molecule has 0 spiro atoms. The van der Waals surface area contributed by atoms with Crippen molar-refractivity contribution in [2.45, 2.75) is 11.5 Å². The zero-order valence-electron chi connectivity index (χ0n) is 6.05. The van der Waals surface area contributed by atoms with Crippen LogP contribution in [-0.4, -0.2) is 36.3 Å². The molecule has 0 aliphatic heterocycles. The number of hydrogen-bond acceptors (Lipinski definition) is 7. The Morgan fingerprint density at radius 3 is 1.31 bits per heavy atom. The Morgan fingerprint density at radius 2 is 1.31 bits per heavy atom. The van der Waals surface area contributed by atoms with Gasteiger partial charge in [0.25, 0.3) is 0 Å². The Labute approximate surface area is 85.5 Å². The topological polar surface area (TPSA) is 131 Å². The average molecular weight is 280 g/mol. The first-order valence-electron chi connectivity index (χ1n) is 2.46. The van der Waals surface area contributed by atoms with Crippen LogP contribution in [-0.2, 0) is 42.1 Å². The van der Waals surface area contributed by atoms with Crippen molar-refractivity contribution in [2.75, 3.05) is 0 Å². The fraction of sp³-hybridized carbons (Fsp3) is 0.667. The summed E-state index contributed by atoms with van der Waals surface area (Å²) in [5, 5.41) is 0. The van der Waals surface area contributed by atoms with Gasteiger partial charge in [-0.15, -0.1) is 0 Å². The maximum absolute atomic E-state index is 10.3. The second-order valence-electron chi connectivity index (χ2n) is 1.93. The molecule has 7 nitrogen and oxygen atoms in total. The molecule has 0 aromatic carbocycles. The van der Waals surface area contributed by atoms with Crippen LogP contribution in [0.2, 0.25) is 0 Å². The van der Waals surface area contributed by atoms with Crippen molar-refractivity contribution in [1.29, 1.82) is 0 Å². The molecule has 0 unspecified atom stereocenters. The van der Waals surface area contributed by atoms with Crippen molar-refractivity contribution >= 4 is 26.0 Å². The first kappa shape index (κ1) is 15.5. The molecular formula is C3H4CuO7S2. The maximum Gasteiger partial charge on any atom is 2.00 e. The first-order chi connectivity index (χ1) is 5.07. The van der Waals surface area contributed by atoms with E-state index in [2.05, 4.69) is 0 Å². The van der Waals surface area contributed by atoms with Crippen molar-refractivity contribution in [1.82, 2.24) is 0 Å². The monoisotopic (exact) mass is 279 g/mol. The van der Waals surface area contributed by atoms with Gasteiger partial charge in [-0.25, -0.2) is 16.8 Å². The van der Waals surface area contributed by atoms with Crippen LogP contribution in [0.15, 0.2) is 0 Å². The molecule has 0 aliphatic carbocycles. The quantitative estimate of drug-likeness (QED) is 0.430. The van der Waals surface area contributed by atoms with Gasteiger partial charge in [0, 0.05) is 0 Å². The molecule has 0 N–H and O–H groups in total. The van der Waals surface area contributed by atoms with Crippen molar-refractivity contribution in [3.63, 3.8) is 0 Å². The predicted octanol–water partition coefficient (Wildman–Crippen LogP) is -2.01. The predicted molar refractivity (Wildman–Crippen MR) is 33.9 cm³/mol. The molecule has 0 heterocycles. The maximum atomic E-state index is 10.3. The minimum Gasteiger partial charge on any atom is -0.747 e. The number of carbonyl (C=O) groups excluding carboxylic acids is 1. The molecule has 13 heavy (non-hydrogen) atoms. The molecule has 81 valence electrons. The molecule has 0 aromatic heterocycles. The third-order valence-corrected chi connectivity index (χ3v) is 3.98. The van der Waals surface area contributed by atoms with Crippen LogP contribution in [0, 0.1) is 0 Å². The van der Waals surface area contributed by atoms with Crippen LogP contribution in [0.5, 0.6) is 0 Å².